The van der Waals surface area contributed by atoms with Gasteiger partial charge in [-0.15, -0.1) is 0 Å². The Morgan fingerprint density at radius 1 is 1.25 bits per heavy atom. The lowest BCUT2D eigenvalue weighted by molar-refractivity contribution is -0.144. The summed E-state index contributed by atoms with van der Waals surface area (Å²) in [5.41, 5.74) is 0. The molecule has 0 aliphatic carbocycles. The van der Waals surface area contributed by atoms with Crippen LogP contribution in [-0.4, -0.2) is 35.9 Å². The number of hydrogen-bond donors (Lipinski definition) is 1. The summed E-state index contributed by atoms with van der Waals surface area (Å²) >= 11 is 1.03. The van der Waals surface area contributed by atoms with E-state index in [0.29, 0.717) is 18.7 Å². The molecule has 0 aliphatic rings. The second-order valence-electron chi connectivity index (χ2n) is 2.91. The molecule has 92 valence electrons. The van der Waals surface area contributed by atoms with Gasteiger partial charge in [0.15, 0.2) is 5.12 Å². The maximum absolute atomic E-state index is 11.2. The third kappa shape index (κ3) is 8.28. The molecule has 0 radical (unpaired) electrons. The summed E-state index contributed by atoms with van der Waals surface area (Å²) in [7, 11) is 0. The highest BCUT2D eigenvalue weighted by molar-refractivity contribution is 8.13. The molecule has 0 saturated carbocycles. The second-order valence-corrected chi connectivity index (χ2v) is 4.06. The number of amides is 1. The van der Waals surface area contributed by atoms with Crippen LogP contribution in [0.3, 0.4) is 0 Å². The van der Waals surface area contributed by atoms with Gasteiger partial charge in [0, 0.05) is 18.7 Å². The Kier molecular flexibility index (Phi) is 8.61. The van der Waals surface area contributed by atoms with Gasteiger partial charge >= 0.3 is 5.97 Å². The van der Waals surface area contributed by atoms with Crippen molar-refractivity contribution in [2.75, 3.05) is 18.9 Å². The van der Waals surface area contributed by atoms with Gasteiger partial charge in [0.1, 0.15) is 6.42 Å². The normalized spacial score (nSPS) is 9.62. The van der Waals surface area contributed by atoms with Crippen LogP contribution < -0.4 is 5.32 Å². The van der Waals surface area contributed by atoms with Crippen molar-refractivity contribution in [3.05, 3.63) is 0 Å². The smallest absolute Gasteiger partial charge is 0.314 e. The lowest BCUT2D eigenvalue weighted by atomic mass is 10.4. The summed E-state index contributed by atoms with van der Waals surface area (Å²) in [6.45, 7) is 4.17. The molecule has 6 heteroatoms. The molecular weight excluding hydrogens is 230 g/mol. The molecule has 1 N–H and O–H groups in total. The SMILES string of the molecule is CCOC(=O)CC(=O)SCCNC(=O)CC. The van der Waals surface area contributed by atoms with Crippen molar-refractivity contribution < 1.29 is 19.1 Å². The van der Waals surface area contributed by atoms with E-state index >= 15 is 0 Å². The van der Waals surface area contributed by atoms with Gasteiger partial charge in [0.05, 0.1) is 6.61 Å². The van der Waals surface area contributed by atoms with Crippen molar-refractivity contribution in [3.63, 3.8) is 0 Å². The van der Waals surface area contributed by atoms with Gasteiger partial charge in [-0.25, -0.2) is 0 Å². The van der Waals surface area contributed by atoms with Gasteiger partial charge < -0.3 is 10.1 Å². The van der Waals surface area contributed by atoms with Crippen LogP contribution in [0.25, 0.3) is 0 Å². The van der Waals surface area contributed by atoms with Crippen LogP contribution in [0, 0.1) is 0 Å². The third-order valence-electron chi connectivity index (χ3n) is 1.60. The zero-order valence-electron chi connectivity index (χ0n) is 9.58. The highest BCUT2D eigenvalue weighted by atomic mass is 32.2. The number of ether oxygens (including phenoxy) is 1. The Bertz CT molecular complexity index is 255. The number of carbonyl (C=O) groups is 3. The molecule has 0 bridgehead atoms. The zero-order valence-corrected chi connectivity index (χ0v) is 10.4. The average Bonchev–Trinajstić information content (AvgIpc) is 2.24. The van der Waals surface area contributed by atoms with Crippen LogP contribution in [0.2, 0.25) is 0 Å². The van der Waals surface area contributed by atoms with E-state index in [9.17, 15) is 14.4 Å². The molecule has 0 heterocycles. The van der Waals surface area contributed by atoms with E-state index in [2.05, 4.69) is 10.1 Å². The number of esters is 1. The van der Waals surface area contributed by atoms with Gasteiger partial charge in [0.25, 0.3) is 0 Å². The maximum atomic E-state index is 11.2. The van der Waals surface area contributed by atoms with Crippen LogP contribution in [0.15, 0.2) is 0 Å². The summed E-state index contributed by atoms with van der Waals surface area (Å²) in [4.78, 5) is 32.9. The number of rotatable bonds is 7. The maximum Gasteiger partial charge on any atom is 0.314 e. The first-order chi connectivity index (χ1) is 7.60. The van der Waals surface area contributed by atoms with E-state index in [0.717, 1.165) is 11.8 Å². The number of hydrogen-bond acceptors (Lipinski definition) is 5. The zero-order chi connectivity index (χ0) is 12.4. The van der Waals surface area contributed by atoms with Gasteiger partial charge in [0.2, 0.25) is 5.91 Å². The lowest BCUT2D eigenvalue weighted by Gasteiger charge is -2.03. The van der Waals surface area contributed by atoms with Crippen molar-refractivity contribution in [1.29, 1.82) is 0 Å². The molecule has 0 aromatic carbocycles. The molecule has 0 atom stereocenters. The van der Waals surface area contributed by atoms with Crippen molar-refractivity contribution in [2.24, 2.45) is 0 Å². The van der Waals surface area contributed by atoms with Gasteiger partial charge in [-0.05, 0) is 6.92 Å². The fourth-order valence-electron chi connectivity index (χ4n) is 0.861. The standard InChI is InChI=1S/C10H17NO4S/c1-3-8(12)11-5-6-16-10(14)7-9(13)15-4-2/h3-7H2,1-2H3,(H,11,12). The van der Waals surface area contributed by atoms with E-state index in [1.54, 1.807) is 13.8 Å². The number of nitrogens with one attached hydrogen (secondary N) is 1. The summed E-state index contributed by atoms with van der Waals surface area (Å²) in [5.74, 6) is -0.0692. The minimum atomic E-state index is -0.502. The van der Waals surface area contributed by atoms with Gasteiger partial charge in [-0.1, -0.05) is 18.7 Å². The minimum absolute atomic E-state index is 0.0431. The molecular formula is C10H17NO4S. The van der Waals surface area contributed by atoms with Crippen LogP contribution >= 0.6 is 11.8 Å². The van der Waals surface area contributed by atoms with Crippen LogP contribution in [0.4, 0.5) is 0 Å². The van der Waals surface area contributed by atoms with Gasteiger partial charge in [-0.3, -0.25) is 14.4 Å². The molecule has 5 nitrogen and oxygen atoms in total. The predicted molar refractivity (Wildman–Crippen MR) is 62.0 cm³/mol. The third-order valence-corrected chi connectivity index (χ3v) is 2.48. The molecule has 1 amide bonds. The van der Waals surface area contributed by atoms with Crippen LogP contribution in [-0.2, 0) is 19.1 Å². The summed E-state index contributed by atoms with van der Waals surface area (Å²) < 4.78 is 4.63. The summed E-state index contributed by atoms with van der Waals surface area (Å²) in [6, 6.07) is 0. The van der Waals surface area contributed by atoms with Crippen molar-refractivity contribution in [3.8, 4) is 0 Å². The van der Waals surface area contributed by atoms with Crippen molar-refractivity contribution in [1.82, 2.24) is 5.32 Å². The predicted octanol–water partition coefficient (Wildman–Crippen LogP) is 0.726. The highest BCUT2D eigenvalue weighted by Gasteiger charge is 2.10. The van der Waals surface area contributed by atoms with E-state index in [-0.39, 0.29) is 24.1 Å². The van der Waals surface area contributed by atoms with Crippen molar-refractivity contribution in [2.45, 2.75) is 26.7 Å². The van der Waals surface area contributed by atoms with Gasteiger partial charge in [-0.2, -0.15) is 0 Å². The molecule has 0 rings (SSSR count). The Morgan fingerprint density at radius 2 is 1.94 bits per heavy atom. The first-order valence-corrected chi connectivity index (χ1v) is 6.16. The lowest BCUT2D eigenvalue weighted by Crippen LogP contribution is -2.25. The summed E-state index contributed by atoms with van der Waals surface area (Å²) in [6.07, 6.45) is 0.224. The molecule has 0 aliphatic heterocycles. The van der Waals surface area contributed by atoms with E-state index in [1.807, 2.05) is 0 Å². The topological polar surface area (TPSA) is 72.5 Å². The van der Waals surface area contributed by atoms with E-state index in [4.69, 9.17) is 0 Å². The first kappa shape index (κ1) is 15.0. The Hall–Kier alpha value is -1.04. The first-order valence-electron chi connectivity index (χ1n) is 5.18. The highest BCUT2D eigenvalue weighted by Crippen LogP contribution is 2.05. The molecule has 0 aromatic rings. The van der Waals surface area contributed by atoms with E-state index < -0.39 is 5.97 Å². The molecule has 0 saturated heterocycles. The monoisotopic (exact) mass is 247 g/mol. The quantitative estimate of drug-likeness (QED) is 0.408. The second kappa shape index (κ2) is 9.21. The number of carbonyl (C=O) groups excluding carboxylic acids is 3. The van der Waals surface area contributed by atoms with Crippen molar-refractivity contribution >= 4 is 28.8 Å². The molecule has 0 aromatic heterocycles. The molecule has 0 unspecified atom stereocenters. The Labute approximate surface area is 99.3 Å². The Morgan fingerprint density at radius 3 is 2.50 bits per heavy atom. The van der Waals surface area contributed by atoms with E-state index in [1.165, 1.54) is 0 Å². The molecule has 16 heavy (non-hydrogen) atoms. The Balaban J connectivity index is 3.51. The largest absolute Gasteiger partial charge is 0.466 e. The van der Waals surface area contributed by atoms with Crippen LogP contribution in [0.1, 0.15) is 26.7 Å². The summed E-state index contributed by atoms with van der Waals surface area (Å²) in [5, 5.41) is 2.41. The average molecular weight is 247 g/mol. The fraction of sp³-hybridized carbons (Fsp3) is 0.700. The molecule has 0 spiro atoms. The number of thioether (sulfide) groups is 1. The fourth-order valence-corrected chi connectivity index (χ4v) is 1.51. The van der Waals surface area contributed by atoms with Crippen LogP contribution in [0.5, 0.6) is 0 Å². The molecule has 0 fully saturated rings. The minimum Gasteiger partial charge on any atom is -0.466 e.